The highest BCUT2D eigenvalue weighted by Crippen LogP contribution is 2.32. The minimum atomic E-state index is -4.30. The second-order valence-corrected chi connectivity index (χ2v) is 9.25. The number of para-hydroxylation sites is 1. The summed E-state index contributed by atoms with van der Waals surface area (Å²) in [4.78, 5) is 11.4. The van der Waals surface area contributed by atoms with Crippen LogP contribution in [0.5, 0.6) is 0 Å². The first-order valence-corrected chi connectivity index (χ1v) is 11.9. The number of halogens is 3. The number of nitrogens with one attached hydrogen (secondary N) is 2. The van der Waals surface area contributed by atoms with Crippen molar-refractivity contribution in [2.45, 2.75) is 44.3 Å². The minimum Gasteiger partial charge on any atom is -0.362 e. The van der Waals surface area contributed by atoms with Gasteiger partial charge in [0.15, 0.2) is 0 Å². The lowest BCUT2D eigenvalue weighted by Gasteiger charge is -2.29. The van der Waals surface area contributed by atoms with Crippen LogP contribution in [0.3, 0.4) is 0 Å². The highest BCUT2D eigenvalue weighted by atomic mass is 19.4. The molecule has 182 valence electrons. The Labute approximate surface area is 198 Å². The van der Waals surface area contributed by atoms with Crippen molar-refractivity contribution in [1.29, 1.82) is 0 Å². The van der Waals surface area contributed by atoms with E-state index in [1.165, 1.54) is 6.07 Å². The quantitative estimate of drug-likeness (QED) is 0.424. The van der Waals surface area contributed by atoms with Crippen LogP contribution in [0.2, 0.25) is 0 Å². The molecule has 34 heavy (non-hydrogen) atoms. The van der Waals surface area contributed by atoms with E-state index < -0.39 is 11.7 Å². The van der Waals surface area contributed by atoms with Crippen LogP contribution in [-0.4, -0.2) is 43.2 Å². The standard InChI is InChI=1S/C26H32F3N5/c1-34(2)24-21-8-4-6-10-23(21)32-25(33-24)31-20-13-11-18(12-14-20)17-30-16-15-19-7-3-5-9-22(19)26(27,28)29/h3-10,18,20,30H,11-17H2,1-2H3,(H,31,32,33)/t18-,20+. The van der Waals surface area contributed by atoms with Gasteiger partial charge in [0, 0.05) is 25.5 Å². The number of benzene rings is 2. The van der Waals surface area contributed by atoms with Crippen LogP contribution in [0.1, 0.15) is 36.8 Å². The van der Waals surface area contributed by atoms with Crippen LogP contribution in [0.15, 0.2) is 48.5 Å². The number of aromatic nitrogens is 2. The molecule has 1 saturated carbocycles. The van der Waals surface area contributed by atoms with Crippen molar-refractivity contribution in [1.82, 2.24) is 15.3 Å². The molecule has 1 aliphatic carbocycles. The van der Waals surface area contributed by atoms with E-state index in [1.54, 1.807) is 12.1 Å². The SMILES string of the molecule is CN(C)c1nc(N[C@H]2CC[C@@H](CNCCc3ccccc3C(F)(F)F)CC2)nc2ccccc12. The molecule has 2 N–H and O–H groups in total. The monoisotopic (exact) mass is 471 g/mol. The molecule has 0 radical (unpaired) electrons. The lowest BCUT2D eigenvalue weighted by atomic mass is 9.86. The van der Waals surface area contributed by atoms with Crippen LogP contribution in [0, 0.1) is 5.92 Å². The third-order valence-electron chi connectivity index (χ3n) is 6.51. The summed E-state index contributed by atoms with van der Waals surface area (Å²) in [6.07, 6.45) is 0.257. The predicted molar refractivity (Wildman–Crippen MR) is 131 cm³/mol. The molecule has 8 heteroatoms. The summed E-state index contributed by atoms with van der Waals surface area (Å²) in [5.41, 5.74) is 0.744. The van der Waals surface area contributed by atoms with Crippen molar-refractivity contribution in [3.05, 3.63) is 59.7 Å². The summed E-state index contributed by atoms with van der Waals surface area (Å²) < 4.78 is 39.4. The first-order chi connectivity index (χ1) is 16.3. The zero-order valence-electron chi connectivity index (χ0n) is 19.7. The Bertz CT molecular complexity index is 1090. The maximum absolute atomic E-state index is 13.1. The molecular weight excluding hydrogens is 439 g/mol. The van der Waals surface area contributed by atoms with E-state index in [2.05, 4.69) is 10.6 Å². The third kappa shape index (κ3) is 5.97. The average molecular weight is 472 g/mol. The van der Waals surface area contributed by atoms with Crippen LogP contribution >= 0.6 is 0 Å². The van der Waals surface area contributed by atoms with Crippen LogP contribution in [0.25, 0.3) is 10.9 Å². The van der Waals surface area contributed by atoms with Crippen molar-refractivity contribution in [3.63, 3.8) is 0 Å². The van der Waals surface area contributed by atoms with Crippen LogP contribution in [0.4, 0.5) is 24.9 Å². The maximum atomic E-state index is 13.1. The Kier molecular flexibility index (Phi) is 7.56. The normalized spacial score (nSPS) is 18.7. The molecule has 0 saturated heterocycles. The van der Waals surface area contributed by atoms with Gasteiger partial charge in [0.1, 0.15) is 5.82 Å². The van der Waals surface area contributed by atoms with E-state index in [4.69, 9.17) is 9.97 Å². The Morgan fingerprint density at radius 2 is 1.65 bits per heavy atom. The predicted octanol–water partition coefficient (Wildman–Crippen LogP) is 5.52. The molecule has 3 aromatic rings. The molecule has 2 aromatic carbocycles. The Balaban J connectivity index is 1.25. The highest BCUT2D eigenvalue weighted by Gasteiger charge is 2.32. The molecule has 1 aliphatic rings. The van der Waals surface area contributed by atoms with E-state index in [9.17, 15) is 13.2 Å². The third-order valence-corrected chi connectivity index (χ3v) is 6.51. The number of hydrogen-bond donors (Lipinski definition) is 2. The van der Waals surface area contributed by atoms with Crippen molar-refractivity contribution >= 4 is 22.7 Å². The second-order valence-electron chi connectivity index (χ2n) is 9.25. The smallest absolute Gasteiger partial charge is 0.362 e. The van der Waals surface area contributed by atoms with Gasteiger partial charge in [-0.3, -0.25) is 0 Å². The van der Waals surface area contributed by atoms with Gasteiger partial charge in [-0.25, -0.2) is 4.98 Å². The summed E-state index contributed by atoms with van der Waals surface area (Å²) >= 11 is 0. The zero-order valence-corrected chi connectivity index (χ0v) is 19.7. The molecule has 0 bridgehead atoms. The van der Waals surface area contributed by atoms with Crippen molar-refractivity contribution < 1.29 is 13.2 Å². The molecule has 0 atom stereocenters. The van der Waals surface area contributed by atoms with Gasteiger partial charge in [0.05, 0.1) is 11.1 Å². The molecule has 0 unspecified atom stereocenters. The summed E-state index contributed by atoms with van der Waals surface area (Å²) in [6.45, 7) is 1.38. The van der Waals surface area contributed by atoms with Crippen LogP contribution in [-0.2, 0) is 12.6 Å². The van der Waals surface area contributed by atoms with Gasteiger partial charge in [-0.05, 0) is 74.9 Å². The molecule has 1 heterocycles. The molecule has 5 nitrogen and oxygen atoms in total. The molecular formula is C26H32F3N5. The Morgan fingerprint density at radius 1 is 0.941 bits per heavy atom. The largest absolute Gasteiger partial charge is 0.416 e. The van der Waals surface area contributed by atoms with E-state index in [1.807, 2.05) is 43.3 Å². The van der Waals surface area contributed by atoms with Gasteiger partial charge in [-0.1, -0.05) is 30.3 Å². The summed E-state index contributed by atoms with van der Waals surface area (Å²) in [6, 6.07) is 14.2. The average Bonchev–Trinajstić information content (AvgIpc) is 2.82. The zero-order chi connectivity index (χ0) is 24.1. The Hall–Kier alpha value is -2.87. The van der Waals surface area contributed by atoms with Gasteiger partial charge < -0.3 is 15.5 Å². The fourth-order valence-corrected chi connectivity index (χ4v) is 4.70. The first-order valence-electron chi connectivity index (χ1n) is 11.9. The summed E-state index contributed by atoms with van der Waals surface area (Å²) in [5.74, 6) is 2.09. The summed E-state index contributed by atoms with van der Waals surface area (Å²) in [7, 11) is 3.97. The number of anilines is 2. The van der Waals surface area contributed by atoms with Crippen molar-refractivity contribution in [2.24, 2.45) is 5.92 Å². The molecule has 1 fully saturated rings. The Morgan fingerprint density at radius 3 is 2.38 bits per heavy atom. The van der Waals surface area contributed by atoms with Gasteiger partial charge in [0.2, 0.25) is 5.95 Å². The van der Waals surface area contributed by atoms with Crippen molar-refractivity contribution in [3.8, 4) is 0 Å². The number of hydrogen-bond acceptors (Lipinski definition) is 5. The molecule has 0 amide bonds. The number of rotatable bonds is 8. The minimum absolute atomic E-state index is 0.325. The lowest BCUT2D eigenvalue weighted by Crippen LogP contribution is -2.32. The van der Waals surface area contributed by atoms with Gasteiger partial charge in [-0.15, -0.1) is 0 Å². The van der Waals surface area contributed by atoms with E-state index in [-0.39, 0.29) is 0 Å². The van der Waals surface area contributed by atoms with Crippen molar-refractivity contribution in [2.75, 3.05) is 37.4 Å². The van der Waals surface area contributed by atoms with E-state index >= 15 is 0 Å². The van der Waals surface area contributed by atoms with Crippen LogP contribution < -0.4 is 15.5 Å². The molecule has 4 rings (SSSR count). The molecule has 1 aromatic heterocycles. The fraction of sp³-hybridized carbons (Fsp3) is 0.462. The maximum Gasteiger partial charge on any atom is 0.416 e. The highest BCUT2D eigenvalue weighted by molar-refractivity contribution is 5.90. The second kappa shape index (κ2) is 10.6. The van der Waals surface area contributed by atoms with Gasteiger partial charge in [-0.2, -0.15) is 18.2 Å². The number of alkyl halides is 3. The fourth-order valence-electron chi connectivity index (χ4n) is 4.70. The summed E-state index contributed by atoms with van der Waals surface area (Å²) in [5, 5.41) is 7.92. The topological polar surface area (TPSA) is 53.1 Å². The number of fused-ring (bicyclic) bond motifs is 1. The number of nitrogens with zero attached hydrogens (tertiary/aromatic N) is 3. The van der Waals surface area contributed by atoms with Gasteiger partial charge in [0.25, 0.3) is 0 Å². The lowest BCUT2D eigenvalue weighted by molar-refractivity contribution is -0.138. The molecule has 0 aliphatic heterocycles. The first kappa shape index (κ1) is 24.3. The van der Waals surface area contributed by atoms with Gasteiger partial charge >= 0.3 is 6.18 Å². The van der Waals surface area contributed by atoms with E-state index in [0.29, 0.717) is 36.4 Å². The molecule has 0 spiro atoms. The van der Waals surface area contributed by atoms with E-state index in [0.717, 1.165) is 55.0 Å².